The quantitative estimate of drug-likeness (QED) is 0.589. The monoisotopic (exact) mass is 146 g/mol. The van der Waals surface area contributed by atoms with E-state index in [9.17, 15) is 0 Å². The molecule has 3 heteroatoms. The lowest BCUT2D eigenvalue weighted by Gasteiger charge is -2.22. The van der Waals surface area contributed by atoms with Crippen molar-refractivity contribution in [3.8, 4) is 0 Å². The zero-order valence-corrected chi connectivity index (χ0v) is 7.13. The fourth-order valence-corrected chi connectivity index (χ4v) is 0.636. The predicted molar refractivity (Wildman–Crippen MR) is 43.0 cm³/mol. The van der Waals surface area contributed by atoms with Gasteiger partial charge < -0.3 is 15.4 Å². The Morgan fingerprint density at radius 3 is 2.60 bits per heavy atom. The van der Waals surface area contributed by atoms with E-state index >= 15 is 0 Å². The van der Waals surface area contributed by atoms with E-state index in [1.165, 1.54) is 0 Å². The van der Waals surface area contributed by atoms with Crippen LogP contribution in [-0.4, -0.2) is 44.8 Å². The zero-order chi connectivity index (χ0) is 7.98. The van der Waals surface area contributed by atoms with E-state index in [1.54, 1.807) is 7.11 Å². The normalized spacial score (nSPS) is 14.1. The highest BCUT2D eigenvalue weighted by atomic mass is 16.5. The molecule has 3 nitrogen and oxygen atoms in total. The molecule has 1 atom stereocenters. The topological polar surface area (TPSA) is 38.5 Å². The van der Waals surface area contributed by atoms with E-state index in [1.807, 2.05) is 0 Å². The second kappa shape index (κ2) is 5.65. The van der Waals surface area contributed by atoms with Crippen LogP contribution in [0.2, 0.25) is 0 Å². The van der Waals surface area contributed by atoms with Crippen molar-refractivity contribution in [3.05, 3.63) is 0 Å². The minimum Gasteiger partial charge on any atom is -0.383 e. The Balaban J connectivity index is 3.31. The summed E-state index contributed by atoms with van der Waals surface area (Å²) >= 11 is 0. The fraction of sp³-hybridized carbons (Fsp3) is 1.00. The van der Waals surface area contributed by atoms with Crippen LogP contribution >= 0.6 is 0 Å². The fourth-order valence-electron chi connectivity index (χ4n) is 0.636. The molecule has 0 aromatic heterocycles. The number of nitrogens with zero attached hydrogens (tertiary/aromatic N) is 1. The Labute approximate surface area is 63.1 Å². The predicted octanol–water partition coefficient (Wildman–Crippen LogP) is -0.0882. The summed E-state index contributed by atoms with van der Waals surface area (Å²) < 4.78 is 4.92. The maximum absolute atomic E-state index is 5.46. The highest BCUT2D eigenvalue weighted by Crippen LogP contribution is 1.91. The van der Waals surface area contributed by atoms with Gasteiger partial charge in [0.15, 0.2) is 0 Å². The summed E-state index contributed by atoms with van der Waals surface area (Å²) in [5.74, 6) is 0. The van der Waals surface area contributed by atoms with Crippen LogP contribution < -0.4 is 5.73 Å². The van der Waals surface area contributed by atoms with Gasteiger partial charge in [0.05, 0.1) is 6.61 Å². The van der Waals surface area contributed by atoms with Crippen molar-refractivity contribution in [1.82, 2.24) is 4.90 Å². The van der Waals surface area contributed by atoms with Crippen LogP contribution in [0, 0.1) is 0 Å². The van der Waals surface area contributed by atoms with Crippen molar-refractivity contribution >= 4 is 0 Å². The van der Waals surface area contributed by atoms with Gasteiger partial charge in [0.25, 0.3) is 0 Å². The van der Waals surface area contributed by atoms with Crippen molar-refractivity contribution in [2.75, 3.05) is 33.9 Å². The Hall–Kier alpha value is -0.120. The van der Waals surface area contributed by atoms with Crippen LogP contribution in [0.5, 0.6) is 0 Å². The largest absolute Gasteiger partial charge is 0.383 e. The van der Waals surface area contributed by atoms with E-state index < -0.39 is 0 Å². The summed E-state index contributed by atoms with van der Waals surface area (Å²) in [5, 5.41) is 0. The van der Waals surface area contributed by atoms with Crippen LogP contribution in [0.3, 0.4) is 0 Å². The molecule has 0 amide bonds. The van der Waals surface area contributed by atoms with Crippen molar-refractivity contribution < 1.29 is 4.74 Å². The molecule has 0 radical (unpaired) electrons. The number of methoxy groups -OCH3 is 1. The third kappa shape index (κ3) is 3.82. The molecule has 0 saturated carbocycles. The van der Waals surface area contributed by atoms with Gasteiger partial charge in [-0.25, -0.2) is 0 Å². The molecule has 0 aliphatic carbocycles. The molecule has 0 fully saturated rings. The molecule has 10 heavy (non-hydrogen) atoms. The molecule has 0 aliphatic heterocycles. The van der Waals surface area contributed by atoms with Gasteiger partial charge in [0.2, 0.25) is 0 Å². The molecule has 0 bridgehead atoms. The van der Waals surface area contributed by atoms with Gasteiger partial charge in [0.1, 0.15) is 0 Å². The smallest absolute Gasteiger partial charge is 0.0589 e. The van der Waals surface area contributed by atoms with Crippen molar-refractivity contribution in [1.29, 1.82) is 0 Å². The number of hydrogen-bond acceptors (Lipinski definition) is 3. The Bertz CT molecular complexity index is 78.0. The molecule has 0 saturated heterocycles. The van der Waals surface area contributed by atoms with Gasteiger partial charge in [-0.05, 0) is 14.0 Å². The minimum atomic E-state index is 0.454. The Morgan fingerprint density at radius 1 is 1.60 bits per heavy atom. The first kappa shape index (κ1) is 9.88. The summed E-state index contributed by atoms with van der Waals surface area (Å²) in [7, 11) is 3.76. The van der Waals surface area contributed by atoms with Gasteiger partial charge >= 0.3 is 0 Å². The average molecular weight is 146 g/mol. The summed E-state index contributed by atoms with van der Waals surface area (Å²) in [4.78, 5) is 2.18. The maximum Gasteiger partial charge on any atom is 0.0589 e. The maximum atomic E-state index is 5.46. The summed E-state index contributed by atoms with van der Waals surface area (Å²) in [5.41, 5.74) is 5.46. The van der Waals surface area contributed by atoms with Crippen molar-refractivity contribution in [2.24, 2.45) is 5.73 Å². The summed E-state index contributed by atoms with van der Waals surface area (Å²) in [6.07, 6.45) is 0. The van der Waals surface area contributed by atoms with E-state index in [4.69, 9.17) is 10.5 Å². The lowest BCUT2D eigenvalue weighted by atomic mass is 10.3. The lowest BCUT2D eigenvalue weighted by molar-refractivity contribution is 0.145. The highest BCUT2D eigenvalue weighted by molar-refractivity contribution is 4.62. The van der Waals surface area contributed by atoms with Crippen LogP contribution in [-0.2, 0) is 4.74 Å². The molecular weight excluding hydrogens is 128 g/mol. The lowest BCUT2D eigenvalue weighted by Crippen LogP contribution is -2.37. The third-order valence-corrected chi connectivity index (χ3v) is 1.74. The molecule has 0 aromatic carbocycles. The molecule has 0 aliphatic rings. The second-order valence-corrected chi connectivity index (χ2v) is 2.56. The zero-order valence-electron chi connectivity index (χ0n) is 7.13. The Morgan fingerprint density at radius 2 is 2.20 bits per heavy atom. The van der Waals surface area contributed by atoms with E-state index in [0.717, 1.165) is 13.2 Å². The van der Waals surface area contributed by atoms with Crippen LogP contribution in [0.1, 0.15) is 6.92 Å². The molecule has 0 rings (SSSR count). The number of rotatable bonds is 5. The summed E-state index contributed by atoms with van der Waals surface area (Å²) in [6, 6.07) is 0.454. The van der Waals surface area contributed by atoms with Gasteiger partial charge in [-0.2, -0.15) is 0 Å². The SMILES string of the molecule is COCCN(C)C(C)CN. The standard InChI is InChI=1S/C7H18N2O/c1-7(6-8)9(2)4-5-10-3/h7H,4-6,8H2,1-3H3. The molecule has 0 heterocycles. The molecule has 0 aromatic rings. The van der Waals surface area contributed by atoms with Gasteiger partial charge in [-0.15, -0.1) is 0 Å². The van der Waals surface area contributed by atoms with Crippen molar-refractivity contribution in [3.63, 3.8) is 0 Å². The van der Waals surface area contributed by atoms with Gasteiger partial charge in [-0.1, -0.05) is 0 Å². The highest BCUT2D eigenvalue weighted by Gasteiger charge is 2.04. The average Bonchev–Trinajstić information content (AvgIpc) is 1.98. The Kier molecular flexibility index (Phi) is 5.58. The van der Waals surface area contributed by atoms with Crippen LogP contribution in [0.15, 0.2) is 0 Å². The summed E-state index contributed by atoms with van der Waals surface area (Å²) in [6.45, 7) is 4.55. The molecule has 62 valence electrons. The number of hydrogen-bond donors (Lipinski definition) is 1. The molecule has 2 N–H and O–H groups in total. The third-order valence-electron chi connectivity index (χ3n) is 1.74. The first-order valence-electron chi connectivity index (χ1n) is 3.61. The molecular formula is C7H18N2O. The van der Waals surface area contributed by atoms with E-state index in [-0.39, 0.29) is 0 Å². The van der Waals surface area contributed by atoms with Gasteiger partial charge in [-0.3, -0.25) is 0 Å². The molecule has 0 spiro atoms. The van der Waals surface area contributed by atoms with Crippen LogP contribution in [0.25, 0.3) is 0 Å². The number of nitrogens with two attached hydrogens (primary N) is 1. The van der Waals surface area contributed by atoms with Crippen LogP contribution in [0.4, 0.5) is 0 Å². The minimum absolute atomic E-state index is 0.454. The molecule has 1 unspecified atom stereocenters. The van der Waals surface area contributed by atoms with Crippen molar-refractivity contribution in [2.45, 2.75) is 13.0 Å². The number of ether oxygens (including phenoxy) is 1. The van der Waals surface area contributed by atoms with E-state index in [0.29, 0.717) is 12.6 Å². The first-order valence-corrected chi connectivity index (χ1v) is 3.61. The second-order valence-electron chi connectivity index (χ2n) is 2.56. The van der Waals surface area contributed by atoms with E-state index in [2.05, 4.69) is 18.9 Å². The first-order chi connectivity index (χ1) is 4.72. The number of likely N-dealkylation sites (N-methyl/N-ethyl adjacent to an activating group) is 1. The van der Waals surface area contributed by atoms with Gasteiger partial charge in [0, 0.05) is 26.2 Å².